The van der Waals surface area contributed by atoms with Gasteiger partial charge in [0.1, 0.15) is 17.7 Å². The van der Waals surface area contributed by atoms with Gasteiger partial charge in [-0.15, -0.1) is 10.2 Å². The van der Waals surface area contributed by atoms with Crippen LogP contribution in [0.2, 0.25) is 0 Å². The second-order valence-electron chi connectivity index (χ2n) is 4.31. The highest BCUT2D eigenvalue weighted by Crippen LogP contribution is 2.23. The van der Waals surface area contributed by atoms with E-state index in [4.69, 9.17) is 5.73 Å². The summed E-state index contributed by atoms with van der Waals surface area (Å²) in [4.78, 5) is 17.3. The van der Waals surface area contributed by atoms with Crippen LogP contribution in [0.5, 0.6) is 0 Å². The predicted octanol–water partition coefficient (Wildman–Crippen LogP) is -0.0263. The van der Waals surface area contributed by atoms with Gasteiger partial charge in [-0.1, -0.05) is 0 Å². The summed E-state index contributed by atoms with van der Waals surface area (Å²) in [5.41, 5.74) is 6.02. The van der Waals surface area contributed by atoms with Crippen molar-refractivity contribution >= 4 is 17.5 Å². The first kappa shape index (κ1) is 11.5. The van der Waals surface area contributed by atoms with Crippen molar-refractivity contribution in [2.24, 2.45) is 0 Å². The standard InChI is InChI=1S/C11H12N6O2/c12-7-3-8(11(18)19)10(13-4-7)16-1-2-17-6-14-15-9(17)5-16/h3-4,6H,1-2,5,12H2,(H,18,19). The lowest BCUT2D eigenvalue weighted by Crippen LogP contribution is -2.35. The Bertz CT molecular complexity index is 638. The fraction of sp³-hybridized carbons (Fsp3) is 0.273. The summed E-state index contributed by atoms with van der Waals surface area (Å²) >= 11 is 0. The van der Waals surface area contributed by atoms with E-state index in [2.05, 4.69) is 15.2 Å². The minimum absolute atomic E-state index is 0.105. The quantitative estimate of drug-likeness (QED) is 0.780. The summed E-state index contributed by atoms with van der Waals surface area (Å²) in [5.74, 6) is 0.166. The summed E-state index contributed by atoms with van der Waals surface area (Å²) in [6.07, 6.45) is 3.13. The van der Waals surface area contributed by atoms with Gasteiger partial charge in [0.15, 0.2) is 5.82 Å². The Balaban J connectivity index is 1.98. The van der Waals surface area contributed by atoms with Gasteiger partial charge in [0, 0.05) is 13.1 Å². The highest BCUT2D eigenvalue weighted by Gasteiger charge is 2.23. The van der Waals surface area contributed by atoms with Gasteiger partial charge in [0.2, 0.25) is 0 Å². The topological polar surface area (TPSA) is 110 Å². The first-order valence-corrected chi connectivity index (χ1v) is 5.75. The Morgan fingerprint density at radius 3 is 3.05 bits per heavy atom. The van der Waals surface area contributed by atoms with Crippen LogP contribution in [-0.4, -0.2) is 37.4 Å². The van der Waals surface area contributed by atoms with E-state index in [1.54, 1.807) is 6.33 Å². The molecule has 0 fully saturated rings. The van der Waals surface area contributed by atoms with Crippen molar-refractivity contribution in [1.82, 2.24) is 19.7 Å². The zero-order chi connectivity index (χ0) is 13.4. The van der Waals surface area contributed by atoms with Gasteiger partial charge in [-0.3, -0.25) is 0 Å². The first-order chi connectivity index (χ1) is 9.15. The average Bonchev–Trinajstić information content (AvgIpc) is 2.85. The van der Waals surface area contributed by atoms with Gasteiger partial charge >= 0.3 is 5.97 Å². The van der Waals surface area contributed by atoms with Gasteiger partial charge in [0.05, 0.1) is 18.4 Å². The molecule has 0 aliphatic carbocycles. The molecule has 3 heterocycles. The minimum Gasteiger partial charge on any atom is -0.478 e. The van der Waals surface area contributed by atoms with Crippen molar-refractivity contribution in [2.45, 2.75) is 13.1 Å². The molecule has 8 heteroatoms. The first-order valence-electron chi connectivity index (χ1n) is 5.75. The van der Waals surface area contributed by atoms with Crippen LogP contribution < -0.4 is 10.6 Å². The number of carboxylic acid groups (broad SMARTS) is 1. The van der Waals surface area contributed by atoms with E-state index in [0.29, 0.717) is 31.1 Å². The molecule has 0 unspecified atom stereocenters. The van der Waals surface area contributed by atoms with Crippen molar-refractivity contribution in [1.29, 1.82) is 0 Å². The number of aromatic carboxylic acids is 1. The molecular weight excluding hydrogens is 248 g/mol. The van der Waals surface area contributed by atoms with Gasteiger partial charge in [-0.05, 0) is 6.07 Å². The van der Waals surface area contributed by atoms with Crippen LogP contribution in [-0.2, 0) is 13.1 Å². The Morgan fingerprint density at radius 2 is 2.26 bits per heavy atom. The monoisotopic (exact) mass is 260 g/mol. The molecule has 0 atom stereocenters. The Labute approximate surface area is 108 Å². The minimum atomic E-state index is -1.04. The fourth-order valence-corrected chi connectivity index (χ4v) is 2.13. The van der Waals surface area contributed by atoms with E-state index in [1.165, 1.54) is 12.3 Å². The molecule has 0 saturated heterocycles. The normalized spacial score (nSPS) is 14.2. The van der Waals surface area contributed by atoms with Crippen LogP contribution in [0.25, 0.3) is 0 Å². The maximum Gasteiger partial charge on any atom is 0.339 e. The molecule has 2 aromatic heterocycles. The number of aromatic nitrogens is 4. The Hall–Kier alpha value is -2.64. The molecule has 1 aliphatic heterocycles. The summed E-state index contributed by atoms with van der Waals surface area (Å²) in [5, 5.41) is 17.0. The molecule has 3 N–H and O–H groups in total. The third-order valence-electron chi connectivity index (χ3n) is 3.06. The van der Waals surface area contributed by atoms with Gasteiger partial charge in [-0.2, -0.15) is 0 Å². The molecular formula is C11H12N6O2. The largest absolute Gasteiger partial charge is 0.478 e. The lowest BCUT2D eigenvalue weighted by Gasteiger charge is -2.28. The summed E-state index contributed by atoms with van der Waals surface area (Å²) < 4.78 is 1.94. The molecule has 19 heavy (non-hydrogen) atoms. The number of rotatable bonds is 2. The smallest absolute Gasteiger partial charge is 0.339 e. The number of carboxylic acids is 1. The molecule has 0 amide bonds. The van der Waals surface area contributed by atoms with Crippen molar-refractivity contribution in [2.75, 3.05) is 17.2 Å². The van der Waals surface area contributed by atoms with Crippen LogP contribution in [0.15, 0.2) is 18.6 Å². The number of nitrogen functional groups attached to an aromatic ring is 1. The second kappa shape index (κ2) is 4.23. The summed E-state index contributed by atoms with van der Waals surface area (Å²) in [6, 6.07) is 1.42. The zero-order valence-electron chi connectivity index (χ0n) is 10.0. The molecule has 0 saturated carbocycles. The van der Waals surface area contributed by atoms with Crippen LogP contribution >= 0.6 is 0 Å². The van der Waals surface area contributed by atoms with E-state index in [9.17, 15) is 9.90 Å². The molecule has 2 aromatic rings. The molecule has 0 spiro atoms. The number of fused-ring (bicyclic) bond motifs is 1. The SMILES string of the molecule is Nc1cnc(N2CCn3cnnc3C2)c(C(=O)O)c1. The highest BCUT2D eigenvalue weighted by atomic mass is 16.4. The maximum atomic E-state index is 11.3. The van der Waals surface area contributed by atoms with Gasteiger partial charge < -0.3 is 20.3 Å². The molecule has 1 aliphatic rings. The van der Waals surface area contributed by atoms with Crippen LogP contribution in [0, 0.1) is 0 Å². The number of hydrogen-bond donors (Lipinski definition) is 2. The summed E-state index contributed by atoms with van der Waals surface area (Å²) in [6.45, 7) is 1.84. The van der Waals surface area contributed by atoms with E-state index in [-0.39, 0.29) is 5.56 Å². The number of carbonyl (C=O) groups is 1. The predicted molar refractivity (Wildman–Crippen MR) is 66.7 cm³/mol. The average molecular weight is 260 g/mol. The highest BCUT2D eigenvalue weighted by molar-refractivity contribution is 5.94. The second-order valence-corrected chi connectivity index (χ2v) is 4.31. The van der Waals surface area contributed by atoms with Crippen LogP contribution in [0.4, 0.5) is 11.5 Å². The Morgan fingerprint density at radius 1 is 1.42 bits per heavy atom. The third-order valence-corrected chi connectivity index (χ3v) is 3.06. The van der Waals surface area contributed by atoms with Crippen LogP contribution in [0.1, 0.15) is 16.2 Å². The molecule has 0 aromatic carbocycles. The number of nitrogens with two attached hydrogens (primary N) is 1. The molecule has 98 valence electrons. The van der Waals surface area contributed by atoms with Gasteiger partial charge in [-0.25, -0.2) is 9.78 Å². The van der Waals surface area contributed by atoms with Gasteiger partial charge in [0.25, 0.3) is 0 Å². The van der Waals surface area contributed by atoms with Crippen molar-refractivity contribution in [3.05, 3.63) is 30.0 Å². The molecule has 3 rings (SSSR count). The van der Waals surface area contributed by atoms with Crippen molar-refractivity contribution < 1.29 is 9.90 Å². The lowest BCUT2D eigenvalue weighted by atomic mass is 10.2. The van der Waals surface area contributed by atoms with E-state index < -0.39 is 5.97 Å². The number of hydrogen-bond acceptors (Lipinski definition) is 6. The summed E-state index contributed by atoms with van der Waals surface area (Å²) in [7, 11) is 0. The fourth-order valence-electron chi connectivity index (χ4n) is 2.13. The number of anilines is 2. The maximum absolute atomic E-state index is 11.3. The number of nitrogens with zero attached hydrogens (tertiary/aromatic N) is 5. The van der Waals surface area contributed by atoms with E-state index in [0.717, 1.165) is 5.82 Å². The van der Waals surface area contributed by atoms with Crippen molar-refractivity contribution in [3.63, 3.8) is 0 Å². The van der Waals surface area contributed by atoms with E-state index in [1.807, 2.05) is 9.47 Å². The van der Waals surface area contributed by atoms with Crippen LogP contribution in [0.3, 0.4) is 0 Å². The third kappa shape index (κ3) is 1.96. The van der Waals surface area contributed by atoms with Crippen molar-refractivity contribution in [3.8, 4) is 0 Å². The van der Waals surface area contributed by atoms with E-state index >= 15 is 0 Å². The zero-order valence-corrected chi connectivity index (χ0v) is 10.0. The molecule has 0 radical (unpaired) electrons. The lowest BCUT2D eigenvalue weighted by molar-refractivity contribution is 0.0697. The Kier molecular flexibility index (Phi) is 2.55. The number of pyridine rings is 1. The molecule has 0 bridgehead atoms. The molecule has 8 nitrogen and oxygen atoms in total.